The van der Waals surface area contributed by atoms with Crippen molar-refractivity contribution in [3.05, 3.63) is 24.2 Å². The molecule has 1 rings (SSSR count). The molecule has 0 aromatic carbocycles. The Morgan fingerprint density at radius 1 is 1.40 bits per heavy atom. The van der Waals surface area contributed by atoms with Gasteiger partial charge in [-0.15, -0.1) is 0 Å². The van der Waals surface area contributed by atoms with Gasteiger partial charge in [-0.2, -0.15) is 0 Å². The molecule has 1 aromatic heterocycles. The molecule has 2 nitrogen and oxygen atoms in total. The number of nitrogens with one attached hydrogen (secondary N) is 1. The fourth-order valence-electron chi connectivity index (χ4n) is 1.76. The van der Waals surface area contributed by atoms with Crippen molar-refractivity contribution in [2.24, 2.45) is 5.92 Å². The maximum Gasteiger partial charge on any atom is 0.0947 e. The van der Waals surface area contributed by atoms with Gasteiger partial charge < -0.3 is 9.73 Å². The zero-order valence-electron chi connectivity index (χ0n) is 9.96. The third kappa shape index (κ3) is 5.03. The highest BCUT2D eigenvalue weighted by Gasteiger charge is 2.04. The first-order chi connectivity index (χ1) is 7.36. The highest BCUT2D eigenvalue weighted by Crippen LogP contribution is 2.11. The van der Waals surface area contributed by atoms with Crippen LogP contribution in [0, 0.1) is 5.92 Å². The Balaban J connectivity index is 2.11. The van der Waals surface area contributed by atoms with Crippen LogP contribution in [0.3, 0.4) is 0 Å². The van der Waals surface area contributed by atoms with Crippen LogP contribution in [-0.4, -0.2) is 6.54 Å². The lowest BCUT2D eigenvalue weighted by molar-refractivity contribution is 0.418. The predicted octanol–water partition coefficient (Wildman–Crippen LogP) is 3.59. The molecule has 1 N–H and O–H groups in total. The number of furan rings is 1. The second kappa shape index (κ2) is 7.52. The lowest BCUT2D eigenvalue weighted by Crippen LogP contribution is -2.21. The minimum atomic E-state index is 0.830. The molecule has 0 fully saturated rings. The van der Waals surface area contributed by atoms with E-state index < -0.39 is 0 Å². The van der Waals surface area contributed by atoms with Crippen LogP contribution < -0.4 is 5.32 Å². The van der Waals surface area contributed by atoms with Crippen LogP contribution in [0.2, 0.25) is 0 Å². The van der Waals surface area contributed by atoms with Crippen molar-refractivity contribution in [3.8, 4) is 0 Å². The van der Waals surface area contributed by atoms with E-state index in [-0.39, 0.29) is 0 Å². The molecule has 1 heterocycles. The summed E-state index contributed by atoms with van der Waals surface area (Å²) < 4.78 is 5.02. The molecule has 0 spiro atoms. The zero-order chi connectivity index (χ0) is 10.9. The van der Waals surface area contributed by atoms with Crippen molar-refractivity contribution < 1.29 is 4.42 Å². The lowest BCUT2D eigenvalue weighted by atomic mass is 9.99. The molecule has 0 saturated carbocycles. The van der Waals surface area contributed by atoms with Crippen LogP contribution in [0.15, 0.2) is 23.0 Å². The van der Waals surface area contributed by atoms with Crippen LogP contribution >= 0.6 is 0 Å². The van der Waals surface area contributed by atoms with Gasteiger partial charge in [0.15, 0.2) is 0 Å². The second-order valence-corrected chi connectivity index (χ2v) is 4.18. The summed E-state index contributed by atoms with van der Waals surface area (Å²) in [5.74, 6) is 0.830. The van der Waals surface area contributed by atoms with Gasteiger partial charge in [0.25, 0.3) is 0 Å². The van der Waals surface area contributed by atoms with E-state index in [0.717, 1.165) is 19.0 Å². The monoisotopic (exact) mass is 209 g/mol. The molecule has 1 aromatic rings. The third-order valence-corrected chi connectivity index (χ3v) is 2.89. The molecule has 86 valence electrons. The van der Waals surface area contributed by atoms with E-state index in [4.69, 9.17) is 4.42 Å². The normalized spacial score (nSPS) is 12.9. The van der Waals surface area contributed by atoms with Crippen molar-refractivity contribution in [2.75, 3.05) is 6.54 Å². The van der Waals surface area contributed by atoms with Crippen molar-refractivity contribution in [1.29, 1.82) is 0 Å². The average Bonchev–Trinajstić information content (AvgIpc) is 2.76. The largest absolute Gasteiger partial charge is 0.472 e. The molecule has 15 heavy (non-hydrogen) atoms. The van der Waals surface area contributed by atoms with Gasteiger partial charge in [0.2, 0.25) is 0 Å². The van der Waals surface area contributed by atoms with Crippen LogP contribution in [0.25, 0.3) is 0 Å². The quantitative estimate of drug-likeness (QED) is 0.708. The summed E-state index contributed by atoms with van der Waals surface area (Å²) in [5, 5.41) is 3.49. The standard InChI is InChI=1S/C13H23NO/c1-3-5-6-12(4-2)9-14-10-13-7-8-15-11-13/h7-8,11-12,14H,3-6,9-10H2,1-2H3. The van der Waals surface area contributed by atoms with Gasteiger partial charge in [-0.25, -0.2) is 0 Å². The Morgan fingerprint density at radius 2 is 2.27 bits per heavy atom. The van der Waals surface area contributed by atoms with E-state index in [0.29, 0.717) is 0 Å². The molecular formula is C13H23NO. The third-order valence-electron chi connectivity index (χ3n) is 2.89. The fourth-order valence-corrected chi connectivity index (χ4v) is 1.76. The Labute approximate surface area is 93.1 Å². The maximum atomic E-state index is 5.02. The molecule has 0 aliphatic heterocycles. The van der Waals surface area contributed by atoms with Gasteiger partial charge in [0, 0.05) is 12.1 Å². The Hall–Kier alpha value is -0.760. The van der Waals surface area contributed by atoms with Gasteiger partial charge in [-0.1, -0.05) is 33.1 Å². The molecule has 0 radical (unpaired) electrons. The first kappa shape index (κ1) is 12.3. The van der Waals surface area contributed by atoms with E-state index in [2.05, 4.69) is 19.2 Å². The molecule has 0 aliphatic rings. The summed E-state index contributed by atoms with van der Waals surface area (Å²) in [4.78, 5) is 0. The van der Waals surface area contributed by atoms with E-state index in [1.54, 1.807) is 12.5 Å². The summed E-state index contributed by atoms with van der Waals surface area (Å²) in [7, 11) is 0. The van der Waals surface area contributed by atoms with Gasteiger partial charge in [-0.3, -0.25) is 0 Å². The summed E-state index contributed by atoms with van der Waals surface area (Å²) in [6.45, 7) is 6.59. The van der Waals surface area contributed by atoms with Crippen LogP contribution in [0.4, 0.5) is 0 Å². The molecule has 2 heteroatoms. The summed E-state index contributed by atoms with van der Waals surface area (Å²) in [6, 6.07) is 2.01. The predicted molar refractivity (Wildman–Crippen MR) is 63.7 cm³/mol. The molecular weight excluding hydrogens is 186 g/mol. The zero-order valence-corrected chi connectivity index (χ0v) is 9.96. The first-order valence-electron chi connectivity index (χ1n) is 6.08. The summed E-state index contributed by atoms with van der Waals surface area (Å²) in [6.07, 6.45) is 8.82. The van der Waals surface area contributed by atoms with E-state index in [9.17, 15) is 0 Å². The van der Waals surface area contributed by atoms with Gasteiger partial charge in [0.1, 0.15) is 0 Å². The fraction of sp³-hybridized carbons (Fsp3) is 0.692. The number of hydrogen-bond donors (Lipinski definition) is 1. The van der Waals surface area contributed by atoms with Crippen molar-refractivity contribution >= 4 is 0 Å². The molecule has 1 atom stereocenters. The number of unbranched alkanes of at least 4 members (excludes halogenated alkanes) is 1. The molecule has 0 bridgehead atoms. The Morgan fingerprint density at radius 3 is 2.87 bits per heavy atom. The molecule has 0 amide bonds. The number of rotatable bonds is 8. The highest BCUT2D eigenvalue weighted by atomic mass is 16.3. The summed E-state index contributed by atoms with van der Waals surface area (Å²) in [5.41, 5.74) is 1.24. The minimum absolute atomic E-state index is 0.830. The van der Waals surface area contributed by atoms with Crippen LogP contribution in [-0.2, 0) is 6.54 Å². The van der Waals surface area contributed by atoms with Gasteiger partial charge in [-0.05, 0) is 24.9 Å². The van der Waals surface area contributed by atoms with Crippen LogP contribution in [0.1, 0.15) is 45.1 Å². The van der Waals surface area contributed by atoms with Crippen LogP contribution in [0.5, 0.6) is 0 Å². The van der Waals surface area contributed by atoms with Crippen molar-refractivity contribution in [3.63, 3.8) is 0 Å². The van der Waals surface area contributed by atoms with E-state index in [1.807, 2.05) is 6.07 Å². The highest BCUT2D eigenvalue weighted by molar-refractivity contribution is 5.04. The molecule has 1 unspecified atom stereocenters. The molecule has 0 saturated heterocycles. The second-order valence-electron chi connectivity index (χ2n) is 4.18. The van der Waals surface area contributed by atoms with E-state index in [1.165, 1.54) is 31.2 Å². The summed E-state index contributed by atoms with van der Waals surface area (Å²) >= 11 is 0. The Kier molecular flexibility index (Phi) is 6.17. The van der Waals surface area contributed by atoms with Gasteiger partial charge in [0.05, 0.1) is 12.5 Å². The number of hydrogen-bond acceptors (Lipinski definition) is 2. The Bertz CT molecular complexity index is 231. The van der Waals surface area contributed by atoms with E-state index >= 15 is 0 Å². The average molecular weight is 209 g/mol. The lowest BCUT2D eigenvalue weighted by Gasteiger charge is -2.14. The van der Waals surface area contributed by atoms with Crippen molar-refractivity contribution in [1.82, 2.24) is 5.32 Å². The van der Waals surface area contributed by atoms with Gasteiger partial charge >= 0.3 is 0 Å². The smallest absolute Gasteiger partial charge is 0.0947 e. The topological polar surface area (TPSA) is 25.2 Å². The molecule has 0 aliphatic carbocycles. The first-order valence-corrected chi connectivity index (χ1v) is 6.08. The minimum Gasteiger partial charge on any atom is -0.472 e. The SMILES string of the molecule is CCCCC(CC)CNCc1ccoc1. The van der Waals surface area contributed by atoms with Crippen molar-refractivity contribution in [2.45, 2.75) is 46.1 Å². The maximum absolute atomic E-state index is 5.02.